The zero-order valence-electron chi connectivity index (χ0n) is 8.16. The van der Waals surface area contributed by atoms with Crippen LogP contribution in [-0.2, 0) is 6.54 Å². The van der Waals surface area contributed by atoms with Crippen molar-refractivity contribution in [3.8, 4) is 11.3 Å². The van der Waals surface area contributed by atoms with Gasteiger partial charge in [-0.05, 0) is 24.7 Å². The van der Waals surface area contributed by atoms with Crippen LogP contribution in [0.2, 0.25) is 0 Å². The second kappa shape index (κ2) is 4.11. The Labute approximate surface area is 83.6 Å². The Bertz CT molecular complexity index is 375. The van der Waals surface area contributed by atoms with Crippen molar-refractivity contribution in [1.29, 1.82) is 0 Å². The van der Waals surface area contributed by atoms with E-state index in [-0.39, 0.29) is 0 Å². The van der Waals surface area contributed by atoms with Crippen molar-refractivity contribution in [2.24, 2.45) is 0 Å². The summed E-state index contributed by atoms with van der Waals surface area (Å²) in [6, 6.07) is 12.2. The highest BCUT2D eigenvalue weighted by Crippen LogP contribution is 2.19. The minimum Gasteiger partial charge on any atom is -0.464 e. The van der Waals surface area contributed by atoms with Crippen molar-refractivity contribution < 1.29 is 4.42 Å². The molecule has 0 aliphatic heterocycles. The zero-order chi connectivity index (χ0) is 9.80. The second-order valence-electron chi connectivity index (χ2n) is 3.20. The van der Waals surface area contributed by atoms with Crippen LogP contribution in [0.5, 0.6) is 0 Å². The standard InChI is InChI=1S/C12H13NO/c1-13-9-10-4-6-11(7-5-10)12-3-2-8-14-12/h2-8,13H,9H2,1H3. The van der Waals surface area contributed by atoms with Crippen LogP contribution in [0.1, 0.15) is 5.56 Å². The van der Waals surface area contributed by atoms with E-state index in [1.54, 1.807) is 6.26 Å². The first-order valence-electron chi connectivity index (χ1n) is 4.67. The summed E-state index contributed by atoms with van der Waals surface area (Å²) >= 11 is 0. The van der Waals surface area contributed by atoms with E-state index in [0.29, 0.717) is 0 Å². The predicted molar refractivity (Wildman–Crippen MR) is 56.9 cm³/mol. The number of hydrogen-bond donors (Lipinski definition) is 1. The van der Waals surface area contributed by atoms with E-state index in [0.717, 1.165) is 17.9 Å². The Morgan fingerprint density at radius 2 is 1.93 bits per heavy atom. The molecule has 0 amide bonds. The maximum absolute atomic E-state index is 5.30. The van der Waals surface area contributed by atoms with Gasteiger partial charge in [-0.25, -0.2) is 0 Å². The van der Waals surface area contributed by atoms with E-state index in [2.05, 4.69) is 29.6 Å². The van der Waals surface area contributed by atoms with Crippen LogP contribution in [0.15, 0.2) is 47.1 Å². The maximum atomic E-state index is 5.30. The monoisotopic (exact) mass is 187 g/mol. The number of furan rings is 1. The van der Waals surface area contributed by atoms with Gasteiger partial charge in [0.05, 0.1) is 6.26 Å². The van der Waals surface area contributed by atoms with Crippen molar-refractivity contribution in [3.63, 3.8) is 0 Å². The third kappa shape index (κ3) is 1.86. The molecule has 0 bridgehead atoms. The fourth-order valence-corrected chi connectivity index (χ4v) is 1.43. The molecule has 2 aromatic rings. The predicted octanol–water partition coefficient (Wildman–Crippen LogP) is 2.67. The average Bonchev–Trinajstić information content (AvgIpc) is 2.72. The quantitative estimate of drug-likeness (QED) is 0.799. The molecule has 2 rings (SSSR count). The molecule has 0 fully saturated rings. The van der Waals surface area contributed by atoms with Gasteiger partial charge in [0.1, 0.15) is 5.76 Å². The van der Waals surface area contributed by atoms with Gasteiger partial charge in [-0.15, -0.1) is 0 Å². The summed E-state index contributed by atoms with van der Waals surface area (Å²) < 4.78 is 5.30. The lowest BCUT2D eigenvalue weighted by Gasteiger charge is -2.01. The van der Waals surface area contributed by atoms with Gasteiger partial charge in [-0.2, -0.15) is 0 Å². The minimum absolute atomic E-state index is 0.901. The first kappa shape index (κ1) is 9.03. The molecule has 2 heteroatoms. The lowest BCUT2D eigenvalue weighted by molar-refractivity contribution is 0.582. The molecule has 0 unspecified atom stereocenters. The van der Waals surface area contributed by atoms with E-state index in [1.807, 2.05) is 19.2 Å². The lowest BCUT2D eigenvalue weighted by Crippen LogP contribution is -2.04. The van der Waals surface area contributed by atoms with Gasteiger partial charge in [-0.1, -0.05) is 24.3 Å². The third-order valence-electron chi connectivity index (χ3n) is 2.14. The molecular weight excluding hydrogens is 174 g/mol. The van der Waals surface area contributed by atoms with Crippen LogP contribution in [0.25, 0.3) is 11.3 Å². The molecule has 0 atom stereocenters. The molecule has 0 aliphatic carbocycles. The average molecular weight is 187 g/mol. The topological polar surface area (TPSA) is 25.2 Å². The molecule has 1 heterocycles. The molecule has 0 spiro atoms. The van der Waals surface area contributed by atoms with Gasteiger partial charge in [0, 0.05) is 12.1 Å². The highest BCUT2D eigenvalue weighted by molar-refractivity contribution is 5.57. The highest BCUT2D eigenvalue weighted by Gasteiger charge is 1.99. The fraction of sp³-hybridized carbons (Fsp3) is 0.167. The van der Waals surface area contributed by atoms with E-state index in [9.17, 15) is 0 Å². The van der Waals surface area contributed by atoms with Crippen molar-refractivity contribution in [1.82, 2.24) is 5.32 Å². The van der Waals surface area contributed by atoms with E-state index < -0.39 is 0 Å². The maximum Gasteiger partial charge on any atom is 0.133 e. The fourth-order valence-electron chi connectivity index (χ4n) is 1.43. The zero-order valence-corrected chi connectivity index (χ0v) is 8.16. The van der Waals surface area contributed by atoms with Crippen LogP contribution in [-0.4, -0.2) is 7.05 Å². The van der Waals surface area contributed by atoms with Gasteiger partial charge in [0.2, 0.25) is 0 Å². The van der Waals surface area contributed by atoms with Gasteiger partial charge < -0.3 is 9.73 Å². The van der Waals surface area contributed by atoms with Gasteiger partial charge in [0.25, 0.3) is 0 Å². The van der Waals surface area contributed by atoms with Crippen LogP contribution in [0, 0.1) is 0 Å². The Kier molecular flexibility index (Phi) is 2.65. The minimum atomic E-state index is 0.901. The van der Waals surface area contributed by atoms with Crippen LogP contribution >= 0.6 is 0 Å². The molecule has 0 saturated carbocycles. The van der Waals surface area contributed by atoms with Gasteiger partial charge >= 0.3 is 0 Å². The van der Waals surface area contributed by atoms with Crippen molar-refractivity contribution in [2.45, 2.75) is 6.54 Å². The van der Waals surface area contributed by atoms with E-state index >= 15 is 0 Å². The van der Waals surface area contributed by atoms with Crippen molar-refractivity contribution in [2.75, 3.05) is 7.05 Å². The molecule has 0 radical (unpaired) electrons. The van der Waals surface area contributed by atoms with Crippen molar-refractivity contribution in [3.05, 3.63) is 48.2 Å². The highest BCUT2D eigenvalue weighted by atomic mass is 16.3. The Balaban J connectivity index is 2.22. The van der Waals surface area contributed by atoms with E-state index in [4.69, 9.17) is 4.42 Å². The second-order valence-corrected chi connectivity index (χ2v) is 3.20. The summed E-state index contributed by atoms with van der Waals surface area (Å²) in [6.07, 6.45) is 1.69. The molecule has 1 aromatic heterocycles. The van der Waals surface area contributed by atoms with Gasteiger partial charge in [0.15, 0.2) is 0 Å². The van der Waals surface area contributed by atoms with Crippen LogP contribution in [0.3, 0.4) is 0 Å². The van der Waals surface area contributed by atoms with Crippen LogP contribution < -0.4 is 5.32 Å². The summed E-state index contributed by atoms with van der Waals surface area (Å²) in [5.41, 5.74) is 2.40. The molecular formula is C12H13NO. The molecule has 1 N–H and O–H groups in total. The number of rotatable bonds is 3. The third-order valence-corrected chi connectivity index (χ3v) is 2.14. The Morgan fingerprint density at radius 3 is 2.50 bits per heavy atom. The Morgan fingerprint density at radius 1 is 1.14 bits per heavy atom. The summed E-state index contributed by atoms with van der Waals surface area (Å²) in [5.74, 6) is 0.918. The summed E-state index contributed by atoms with van der Waals surface area (Å²) in [4.78, 5) is 0. The van der Waals surface area contributed by atoms with Crippen LogP contribution in [0.4, 0.5) is 0 Å². The summed E-state index contributed by atoms with van der Waals surface area (Å²) in [5, 5.41) is 3.11. The molecule has 72 valence electrons. The molecule has 2 nitrogen and oxygen atoms in total. The largest absolute Gasteiger partial charge is 0.464 e. The van der Waals surface area contributed by atoms with E-state index in [1.165, 1.54) is 5.56 Å². The first-order valence-corrected chi connectivity index (χ1v) is 4.67. The smallest absolute Gasteiger partial charge is 0.133 e. The Hall–Kier alpha value is -1.54. The molecule has 0 saturated heterocycles. The number of benzene rings is 1. The SMILES string of the molecule is CNCc1ccc(-c2ccco2)cc1. The van der Waals surface area contributed by atoms with Crippen molar-refractivity contribution >= 4 is 0 Å². The number of hydrogen-bond acceptors (Lipinski definition) is 2. The van der Waals surface area contributed by atoms with Gasteiger partial charge in [-0.3, -0.25) is 0 Å². The molecule has 1 aromatic carbocycles. The molecule has 0 aliphatic rings. The summed E-state index contributed by atoms with van der Waals surface area (Å²) in [6.45, 7) is 0.901. The molecule has 14 heavy (non-hydrogen) atoms. The normalized spacial score (nSPS) is 10.4. The number of nitrogens with one attached hydrogen (secondary N) is 1. The lowest BCUT2D eigenvalue weighted by atomic mass is 10.1. The summed E-state index contributed by atoms with van der Waals surface area (Å²) in [7, 11) is 1.94. The first-order chi connectivity index (χ1) is 6.90.